The minimum atomic E-state index is -3.95. The van der Waals surface area contributed by atoms with Crippen molar-refractivity contribution >= 4 is 43.0 Å². The lowest BCUT2D eigenvalue weighted by atomic mass is 10.2. The first-order valence-corrected chi connectivity index (χ1v) is 11.5. The van der Waals surface area contributed by atoms with E-state index in [-0.39, 0.29) is 15.5 Å². The van der Waals surface area contributed by atoms with Gasteiger partial charge in [-0.15, -0.1) is 0 Å². The Morgan fingerprint density at radius 1 is 0.714 bits per heavy atom. The van der Waals surface area contributed by atoms with Crippen LogP contribution in [0.5, 0.6) is 0 Å². The summed E-state index contributed by atoms with van der Waals surface area (Å²) in [6.07, 6.45) is 0. The zero-order valence-electron chi connectivity index (χ0n) is 14.8. The van der Waals surface area contributed by atoms with Crippen molar-refractivity contribution in [1.82, 2.24) is 0 Å². The first kappa shape index (κ1) is 20.2. The largest absolute Gasteiger partial charge is 0.280 e. The summed E-state index contributed by atoms with van der Waals surface area (Å²) in [6, 6.07) is 18.5. The lowest BCUT2D eigenvalue weighted by Crippen LogP contribution is -2.16. The zero-order chi connectivity index (χ0) is 20.4. The fourth-order valence-electron chi connectivity index (χ4n) is 2.53. The van der Waals surface area contributed by atoms with Crippen LogP contribution in [0.25, 0.3) is 0 Å². The topological polar surface area (TPSA) is 92.3 Å². The molecule has 0 spiro atoms. The number of sulfonamides is 2. The van der Waals surface area contributed by atoms with Crippen LogP contribution in [0, 0.1) is 6.92 Å². The number of hydrogen-bond acceptors (Lipinski definition) is 4. The Morgan fingerprint density at radius 2 is 1.36 bits per heavy atom. The Hall–Kier alpha value is -2.55. The number of anilines is 2. The number of aryl methyl sites for hydroxylation is 1. The molecular weight excluding hydrogens is 420 g/mol. The molecule has 0 heterocycles. The predicted octanol–water partition coefficient (Wildman–Crippen LogP) is 4.25. The average Bonchev–Trinajstić information content (AvgIpc) is 2.63. The second-order valence-electron chi connectivity index (χ2n) is 6.01. The normalized spacial score (nSPS) is 11.8. The second-order valence-corrected chi connectivity index (χ2v) is 9.78. The smallest absolute Gasteiger partial charge is 0.262 e. The van der Waals surface area contributed by atoms with E-state index in [1.807, 2.05) is 0 Å². The van der Waals surface area contributed by atoms with Gasteiger partial charge in [0.05, 0.1) is 21.2 Å². The fourth-order valence-corrected chi connectivity index (χ4v) is 5.11. The maximum atomic E-state index is 12.8. The van der Waals surface area contributed by atoms with Crippen LogP contribution in [0.4, 0.5) is 11.4 Å². The Kier molecular flexibility index (Phi) is 5.64. The number of hydrogen-bond donors (Lipinski definition) is 2. The molecule has 3 aromatic rings. The highest BCUT2D eigenvalue weighted by molar-refractivity contribution is 7.93. The van der Waals surface area contributed by atoms with E-state index in [1.165, 1.54) is 36.4 Å². The van der Waals surface area contributed by atoms with Gasteiger partial charge in [-0.3, -0.25) is 9.44 Å². The number of benzene rings is 3. The zero-order valence-corrected chi connectivity index (χ0v) is 17.1. The van der Waals surface area contributed by atoms with Crippen molar-refractivity contribution in [2.45, 2.75) is 16.7 Å². The molecule has 0 aliphatic heterocycles. The highest BCUT2D eigenvalue weighted by Crippen LogP contribution is 2.25. The van der Waals surface area contributed by atoms with E-state index in [1.54, 1.807) is 43.3 Å². The SMILES string of the molecule is Cc1ccc(NS(=O)(=O)c2ccccc2)cc1S(=O)(=O)Nc1cccc(Cl)c1. The van der Waals surface area contributed by atoms with Crippen LogP contribution in [0.3, 0.4) is 0 Å². The van der Waals surface area contributed by atoms with Gasteiger partial charge in [-0.1, -0.05) is 41.9 Å². The monoisotopic (exact) mass is 436 g/mol. The molecule has 0 aliphatic carbocycles. The van der Waals surface area contributed by atoms with Gasteiger partial charge >= 0.3 is 0 Å². The van der Waals surface area contributed by atoms with Gasteiger partial charge in [0.2, 0.25) is 0 Å². The Labute approximate surface area is 169 Å². The third-order valence-electron chi connectivity index (χ3n) is 3.86. The molecule has 0 unspecified atom stereocenters. The van der Waals surface area contributed by atoms with Gasteiger partial charge in [0.25, 0.3) is 20.0 Å². The van der Waals surface area contributed by atoms with Crippen molar-refractivity contribution < 1.29 is 16.8 Å². The van der Waals surface area contributed by atoms with Crippen LogP contribution in [0.1, 0.15) is 5.56 Å². The van der Waals surface area contributed by atoms with Crippen LogP contribution in [-0.2, 0) is 20.0 Å². The summed E-state index contributed by atoms with van der Waals surface area (Å²) in [5.41, 5.74) is 0.917. The van der Waals surface area contributed by atoms with Crippen molar-refractivity contribution in [3.05, 3.63) is 83.4 Å². The standard InChI is InChI=1S/C19H17ClN2O4S2/c1-14-10-11-17(21-27(23,24)18-8-3-2-4-9-18)13-19(14)28(25,26)22-16-7-5-6-15(20)12-16/h2-13,21-22H,1H3. The van der Waals surface area contributed by atoms with Crippen molar-refractivity contribution in [2.75, 3.05) is 9.44 Å². The van der Waals surface area contributed by atoms with Crippen molar-refractivity contribution in [3.8, 4) is 0 Å². The van der Waals surface area contributed by atoms with E-state index in [2.05, 4.69) is 9.44 Å². The molecule has 0 amide bonds. The summed E-state index contributed by atoms with van der Waals surface area (Å²) in [5, 5.41) is 0.390. The molecule has 6 nitrogen and oxygen atoms in total. The van der Waals surface area contributed by atoms with Crippen LogP contribution in [0.15, 0.2) is 82.6 Å². The molecule has 0 saturated heterocycles. The third-order valence-corrected chi connectivity index (χ3v) is 7.02. The molecule has 0 aromatic heterocycles. The summed E-state index contributed by atoms with van der Waals surface area (Å²) < 4.78 is 55.4. The van der Waals surface area contributed by atoms with Gasteiger partial charge in [0.15, 0.2) is 0 Å². The van der Waals surface area contributed by atoms with Crippen LogP contribution in [0.2, 0.25) is 5.02 Å². The van der Waals surface area contributed by atoms with Crippen molar-refractivity contribution in [2.24, 2.45) is 0 Å². The van der Waals surface area contributed by atoms with E-state index in [4.69, 9.17) is 11.6 Å². The Balaban J connectivity index is 1.93. The highest BCUT2D eigenvalue weighted by atomic mass is 35.5. The Morgan fingerprint density at radius 3 is 2.04 bits per heavy atom. The van der Waals surface area contributed by atoms with Gasteiger partial charge in [0, 0.05) is 5.02 Å². The minimum absolute atomic E-state index is 0.0410. The third kappa shape index (κ3) is 4.64. The molecule has 9 heteroatoms. The summed E-state index contributed by atoms with van der Waals surface area (Å²) in [5.74, 6) is 0. The lowest BCUT2D eigenvalue weighted by molar-refractivity contribution is 0.598. The molecule has 0 aliphatic rings. The second kappa shape index (κ2) is 7.83. The lowest BCUT2D eigenvalue weighted by Gasteiger charge is -2.13. The quantitative estimate of drug-likeness (QED) is 0.604. The van der Waals surface area contributed by atoms with Gasteiger partial charge in [-0.25, -0.2) is 16.8 Å². The number of nitrogens with one attached hydrogen (secondary N) is 2. The van der Waals surface area contributed by atoms with Gasteiger partial charge < -0.3 is 0 Å². The summed E-state index contributed by atoms with van der Waals surface area (Å²) in [7, 11) is -7.78. The van der Waals surface area contributed by atoms with Crippen molar-refractivity contribution in [1.29, 1.82) is 0 Å². The molecule has 2 N–H and O–H groups in total. The van der Waals surface area contributed by atoms with Gasteiger partial charge in [-0.2, -0.15) is 0 Å². The minimum Gasteiger partial charge on any atom is -0.280 e. The molecule has 0 bridgehead atoms. The van der Waals surface area contributed by atoms with Gasteiger partial charge in [-0.05, 0) is 55.0 Å². The summed E-state index contributed by atoms with van der Waals surface area (Å²) >= 11 is 5.90. The van der Waals surface area contributed by atoms with E-state index in [0.717, 1.165) is 0 Å². The average molecular weight is 437 g/mol. The number of halogens is 1. The van der Waals surface area contributed by atoms with E-state index in [9.17, 15) is 16.8 Å². The van der Waals surface area contributed by atoms with E-state index < -0.39 is 20.0 Å². The molecule has 3 aromatic carbocycles. The first-order valence-electron chi connectivity index (χ1n) is 8.14. The predicted molar refractivity (Wildman–Crippen MR) is 111 cm³/mol. The van der Waals surface area contributed by atoms with E-state index in [0.29, 0.717) is 16.3 Å². The fraction of sp³-hybridized carbons (Fsp3) is 0.0526. The molecule has 0 radical (unpaired) electrons. The molecule has 0 saturated carbocycles. The Bertz CT molecular complexity index is 1210. The molecule has 3 rings (SSSR count). The van der Waals surface area contributed by atoms with Crippen LogP contribution >= 0.6 is 11.6 Å². The van der Waals surface area contributed by atoms with Crippen LogP contribution in [-0.4, -0.2) is 16.8 Å². The molecule has 146 valence electrons. The molecule has 0 fully saturated rings. The molecule has 0 atom stereocenters. The van der Waals surface area contributed by atoms with E-state index >= 15 is 0 Å². The maximum absolute atomic E-state index is 12.8. The summed E-state index contributed by atoms with van der Waals surface area (Å²) in [6.45, 7) is 1.63. The highest BCUT2D eigenvalue weighted by Gasteiger charge is 2.20. The van der Waals surface area contributed by atoms with Gasteiger partial charge in [0.1, 0.15) is 0 Å². The first-order chi connectivity index (χ1) is 13.2. The van der Waals surface area contributed by atoms with Crippen LogP contribution < -0.4 is 9.44 Å². The molecular formula is C19H17ClN2O4S2. The number of rotatable bonds is 6. The van der Waals surface area contributed by atoms with Crippen molar-refractivity contribution in [3.63, 3.8) is 0 Å². The maximum Gasteiger partial charge on any atom is 0.262 e. The summed E-state index contributed by atoms with van der Waals surface area (Å²) in [4.78, 5) is 0.0396. The molecule has 28 heavy (non-hydrogen) atoms.